The first-order valence-electron chi connectivity index (χ1n) is 9.74. The Balaban J connectivity index is 0.00000300. The Morgan fingerprint density at radius 2 is 1.97 bits per heavy atom. The van der Waals surface area contributed by atoms with Gasteiger partial charge in [0.05, 0.1) is 23.8 Å². The van der Waals surface area contributed by atoms with E-state index in [4.69, 9.17) is 4.42 Å². The molecule has 0 aliphatic rings. The number of rotatable bonds is 9. The molecule has 0 radical (unpaired) electrons. The first-order chi connectivity index (χ1) is 13.6. The molecule has 0 atom stereocenters. The molecule has 3 rings (SSSR count). The summed E-state index contributed by atoms with van der Waals surface area (Å²) in [5.41, 5.74) is 3.27. The number of nitrogens with one attached hydrogen (secondary N) is 2. The van der Waals surface area contributed by atoms with Crippen molar-refractivity contribution in [1.29, 1.82) is 0 Å². The number of guanidine groups is 1. The van der Waals surface area contributed by atoms with E-state index in [0.29, 0.717) is 6.54 Å². The minimum absolute atomic E-state index is 0. The quantitative estimate of drug-likeness (QED) is 0.149. The monoisotopic (exact) mass is 507 g/mol. The van der Waals surface area contributed by atoms with Gasteiger partial charge in [-0.15, -0.1) is 24.0 Å². The Kier molecular flexibility index (Phi) is 9.24. The van der Waals surface area contributed by atoms with Gasteiger partial charge in [-0.3, -0.25) is 0 Å². The number of aryl methyl sites for hydroxylation is 2. The van der Waals surface area contributed by atoms with Crippen molar-refractivity contribution in [2.75, 3.05) is 19.6 Å². The maximum Gasteiger partial charge on any atom is 0.191 e. The van der Waals surface area contributed by atoms with Gasteiger partial charge in [-0.1, -0.05) is 24.3 Å². The van der Waals surface area contributed by atoms with Gasteiger partial charge >= 0.3 is 0 Å². The van der Waals surface area contributed by atoms with Gasteiger partial charge in [-0.05, 0) is 44.5 Å². The Morgan fingerprint density at radius 3 is 2.72 bits per heavy atom. The fourth-order valence-corrected chi connectivity index (χ4v) is 3.07. The lowest BCUT2D eigenvalue weighted by Gasteiger charge is -2.13. The van der Waals surface area contributed by atoms with Crippen molar-refractivity contribution in [2.24, 2.45) is 4.99 Å². The molecule has 2 aromatic heterocycles. The summed E-state index contributed by atoms with van der Waals surface area (Å²) in [6, 6.07) is 12.2. The largest absolute Gasteiger partial charge is 0.469 e. The molecule has 0 aliphatic heterocycles. The summed E-state index contributed by atoms with van der Waals surface area (Å²) in [6.07, 6.45) is 3.50. The van der Waals surface area contributed by atoms with E-state index < -0.39 is 0 Å². The number of furan rings is 1. The third-order valence-electron chi connectivity index (χ3n) is 4.45. The van der Waals surface area contributed by atoms with Crippen LogP contribution in [0.2, 0.25) is 0 Å². The van der Waals surface area contributed by atoms with Gasteiger partial charge in [-0.2, -0.15) is 0 Å². The summed E-state index contributed by atoms with van der Waals surface area (Å²) in [4.78, 5) is 9.22. The second-order valence-corrected chi connectivity index (χ2v) is 6.96. The van der Waals surface area contributed by atoms with Crippen molar-refractivity contribution < 1.29 is 4.42 Å². The molecule has 1 aromatic carbocycles. The molecule has 0 spiro atoms. The van der Waals surface area contributed by atoms with Gasteiger partial charge in [0.15, 0.2) is 5.96 Å². The van der Waals surface area contributed by atoms with Crippen LogP contribution < -0.4 is 10.6 Å². The number of hydrogen-bond donors (Lipinski definition) is 2. The molecule has 2 N–H and O–H groups in total. The van der Waals surface area contributed by atoms with Gasteiger partial charge in [0.1, 0.15) is 11.6 Å². The zero-order valence-corrected chi connectivity index (χ0v) is 19.5. The summed E-state index contributed by atoms with van der Waals surface area (Å²) in [5.74, 6) is 2.82. The molecule has 29 heavy (non-hydrogen) atoms. The third-order valence-corrected chi connectivity index (χ3v) is 4.45. The SMILES string of the molecule is C=C(C)CN=C(NCCCn1c(C)nc2ccccc21)NCCc1ccco1.I. The Morgan fingerprint density at radius 1 is 1.17 bits per heavy atom. The lowest BCUT2D eigenvalue weighted by molar-refractivity contribution is 0.506. The molecule has 0 aliphatic carbocycles. The van der Waals surface area contributed by atoms with E-state index in [1.54, 1.807) is 6.26 Å². The maximum absolute atomic E-state index is 5.38. The van der Waals surface area contributed by atoms with Gasteiger partial charge in [0, 0.05) is 26.1 Å². The Labute approximate surface area is 189 Å². The van der Waals surface area contributed by atoms with E-state index in [0.717, 1.165) is 61.1 Å². The second kappa shape index (κ2) is 11.6. The van der Waals surface area contributed by atoms with E-state index in [2.05, 4.69) is 56.9 Å². The number of aliphatic imine (C=N–C) groups is 1. The standard InChI is InChI=1S/C22H29N5O.HI/c1-17(2)16-25-22(24-13-11-19-8-6-15-28-19)23-12-7-14-27-18(3)26-20-9-4-5-10-21(20)27;/h4-6,8-10,15H,1,7,11-14,16H2,2-3H3,(H2,23,24,25);1H. The van der Waals surface area contributed by atoms with Crippen LogP contribution in [0.5, 0.6) is 0 Å². The average Bonchev–Trinajstić information content (AvgIpc) is 3.30. The van der Waals surface area contributed by atoms with Crippen molar-refractivity contribution >= 4 is 41.0 Å². The summed E-state index contributed by atoms with van der Waals surface area (Å²) in [6.45, 7) is 11.1. The van der Waals surface area contributed by atoms with Crippen LogP contribution in [0.25, 0.3) is 11.0 Å². The molecule has 156 valence electrons. The number of halogens is 1. The lowest BCUT2D eigenvalue weighted by Crippen LogP contribution is -2.39. The van der Waals surface area contributed by atoms with Crippen LogP contribution in [0.4, 0.5) is 0 Å². The number of fused-ring (bicyclic) bond motifs is 1. The minimum Gasteiger partial charge on any atom is -0.469 e. The van der Waals surface area contributed by atoms with Crippen LogP contribution in [-0.2, 0) is 13.0 Å². The van der Waals surface area contributed by atoms with E-state index >= 15 is 0 Å². The number of aromatic nitrogens is 2. The highest BCUT2D eigenvalue weighted by atomic mass is 127. The van der Waals surface area contributed by atoms with E-state index in [9.17, 15) is 0 Å². The second-order valence-electron chi connectivity index (χ2n) is 6.96. The van der Waals surface area contributed by atoms with Crippen LogP contribution in [0.1, 0.15) is 24.9 Å². The predicted molar refractivity (Wildman–Crippen MR) is 130 cm³/mol. The molecule has 2 heterocycles. The molecule has 0 amide bonds. The van der Waals surface area contributed by atoms with E-state index in [-0.39, 0.29) is 24.0 Å². The minimum atomic E-state index is 0. The van der Waals surface area contributed by atoms with Crippen LogP contribution in [0, 0.1) is 6.92 Å². The van der Waals surface area contributed by atoms with Gasteiger partial charge in [-0.25, -0.2) is 9.98 Å². The fraction of sp³-hybridized carbons (Fsp3) is 0.364. The summed E-state index contributed by atoms with van der Waals surface area (Å²) < 4.78 is 7.65. The van der Waals surface area contributed by atoms with Crippen molar-refractivity contribution in [1.82, 2.24) is 20.2 Å². The molecule has 0 saturated heterocycles. The van der Waals surface area contributed by atoms with Crippen LogP contribution in [0.15, 0.2) is 64.2 Å². The number of para-hydroxylation sites is 2. The molecule has 6 nitrogen and oxygen atoms in total. The molecule has 0 saturated carbocycles. The zero-order chi connectivity index (χ0) is 19.8. The van der Waals surface area contributed by atoms with Crippen LogP contribution in [0.3, 0.4) is 0 Å². The smallest absolute Gasteiger partial charge is 0.191 e. The Hall–Kier alpha value is -2.29. The predicted octanol–water partition coefficient (Wildman–Crippen LogP) is 4.30. The summed E-state index contributed by atoms with van der Waals surface area (Å²) in [7, 11) is 0. The van der Waals surface area contributed by atoms with Crippen LogP contribution >= 0.6 is 24.0 Å². The molecule has 0 bridgehead atoms. The lowest BCUT2D eigenvalue weighted by atomic mass is 10.3. The first-order valence-corrected chi connectivity index (χ1v) is 9.74. The van der Waals surface area contributed by atoms with Gasteiger partial charge in [0.25, 0.3) is 0 Å². The maximum atomic E-state index is 5.38. The molecule has 7 heteroatoms. The van der Waals surface area contributed by atoms with E-state index in [1.807, 2.05) is 25.1 Å². The number of hydrogen-bond acceptors (Lipinski definition) is 3. The Bertz CT molecular complexity index is 930. The molecule has 0 unspecified atom stereocenters. The van der Waals surface area contributed by atoms with Crippen molar-refractivity contribution in [3.05, 3.63) is 66.4 Å². The van der Waals surface area contributed by atoms with Gasteiger partial charge in [0.2, 0.25) is 0 Å². The first kappa shape index (κ1) is 23.0. The van der Waals surface area contributed by atoms with Gasteiger partial charge < -0.3 is 19.6 Å². The van der Waals surface area contributed by atoms with Crippen molar-refractivity contribution in [3.8, 4) is 0 Å². The van der Waals surface area contributed by atoms with Crippen molar-refractivity contribution in [3.63, 3.8) is 0 Å². The highest BCUT2D eigenvalue weighted by Crippen LogP contribution is 2.15. The molecular formula is C22H30IN5O. The molecule has 0 fully saturated rings. The number of benzene rings is 1. The molecular weight excluding hydrogens is 477 g/mol. The van der Waals surface area contributed by atoms with Crippen LogP contribution in [-0.4, -0.2) is 35.1 Å². The highest BCUT2D eigenvalue weighted by Gasteiger charge is 2.06. The molecule has 3 aromatic rings. The number of nitrogens with zero attached hydrogens (tertiary/aromatic N) is 3. The third kappa shape index (κ3) is 6.92. The summed E-state index contributed by atoms with van der Waals surface area (Å²) in [5, 5.41) is 6.79. The zero-order valence-electron chi connectivity index (χ0n) is 17.1. The normalized spacial score (nSPS) is 11.3. The topological polar surface area (TPSA) is 67.4 Å². The van der Waals surface area contributed by atoms with Crippen molar-refractivity contribution in [2.45, 2.75) is 33.2 Å². The number of imidazole rings is 1. The highest BCUT2D eigenvalue weighted by molar-refractivity contribution is 14.0. The van der Waals surface area contributed by atoms with E-state index in [1.165, 1.54) is 5.52 Å². The fourth-order valence-electron chi connectivity index (χ4n) is 3.07. The summed E-state index contributed by atoms with van der Waals surface area (Å²) >= 11 is 0. The average molecular weight is 507 g/mol.